The molecule has 3 rings (SSSR count). The molecule has 2 aromatic carbocycles. The summed E-state index contributed by atoms with van der Waals surface area (Å²) in [6.07, 6.45) is 11.5. The number of carbonyl (C=O) groups is 1. The zero-order valence-electron chi connectivity index (χ0n) is 20.1. The van der Waals surface area contributed by atoms with Crippen LogP contribution in [-0.2, 0) is 6.42 Å². The molecule has 0 bridgehead atoms. The summed E-state index contributed by atoms with van der Waals surface area (Å²) in [7, 11) is 0. The molecular formula is C29H40O3. The summed E-state index contributed by atoms with van der Waals surface area (Å²) in [5.74, 6) is 3.30. The highest BCUT2D eigenvalue weighted by Gasteiger charge is 2.21. The molecule has 32 heavy (non-hydrogen) atoms. The van der Waals surface area contributed by atoms with Crippen molar-refractivity contribution in [2.75, 3.05) is 6.61 Å². The Bertz CT molecular complexity index is 801. The first kappa shape index (κ1) is 24.4. The molecule has 1 aliphatic carbocycles. The molecule has 0 aromatic heterocycles. The van der Waals surface area contributed by atoms with E-state index in [4.69, 9.17) is 9.47 Å². The van der Waals surface area contributed by atoms with Crippen LogP contribution in [0.5, 0.6) is 11.5 Å². The zero-order chi connectivity index (χ0) is 22.8. The van der Waals surface area contributed by atoms with Crippen LogP contribution >= 0.6 is 0 Å². The molecule has 0 aliphatic heterocycles. The Hall–Kier alpha value is -2.29. The van der Waals surface area contributed by atoms with Crippen molar-refractivity contribution in [3.05, 3.63) is 59.7 Å². The molecule has 0 N–H and O–H groups in total. The first-order valence-corrected chi connectivity index (χ1v) is 12.6. The number of benzene rings is 2. The number of carbonyl (C=O) groups excluding carboxylic acids is 1. The van der Waals surface area contributed by atoms with Gasteiger partial charge in [-0.05, 0) is 79.0 Å². The van der Waals surface area contributed by atoms with E-state index in [1.54, 1.807) is 12.1 Å². The van der Waals surface area contributed by atoms with Gasteiger partial charge < -0.3 is 9.47 Å². The van der Waals surface area contributed by atoms with Gasteiger partial charge in [0.25, 0.3) is 0 Å². The van der Waals surface area contributed by atoms with Crippen molar-refractivity contribution >= 4 is 5.97 Å². The third-order valence-corrected chi connectivity index (χ3v) is 6.92. The van der Waals surface area contributed by atoms with Gasteiger partial charge in [-0.1, -0.05) is 71.4 Å². The third kappa shape index (κ3) is 7.69. The summed E-state index contributed by atoms with van der Waals surface area (Å²) < 4.78 is 11.6. The second-order valence-corrected chi connectivity index (χ2v) is 9.62. The number of rotatable bonds is 11. The molecule has 1 aliphatic rings. The number of hydrogen-bond donors (Lipinski definition) is 0. The smallest absolute Gasteiger partial charge is 0.343 e. The fourth-order valence-electron chi connectivity index (χ4n) is 4.49. The van der Waals surface area contributed by atoms with Crippen molar-refractivity contribution in [1.82, 2.24) is 0 Å². The standard InChI is InChI=1S/C29H40O3/c1-4-6-7-23-8-10-25(11-9-23)21-31-27-18-14-26(15-19-27)29(30)32-28-16-12-24(13-17-28)20-22(3)5-2/h12-19,22-23,25H,4-11,20-21H2,1-3H3/t22-,23-,25-/m0/s1. The normalized spacial score (nSPS) is 19.3. The molecule has 1 saturated carbocycles. The minimum absolute atomic E-state index is 0.336. The maximum Gasteiger partial charge on any atom is 0.343 e. The second-order valence-electron chi connectivity index (χ2n) is 9.62. The molecule has 0 amide bonds. The minimum Gasteiger partial charge on any atom is -0.493 e. The fraction of sp³-hybridized carbons (Fsp3) is 0.552. The van der Waals surface area contributed by atoms with E-state index < -0.39 is 0 Å². The van der Waals surface area contributed by atoms with Crippen molar-refractivity contribution in [3.63, 3.8) is 0 Å². The van der Waals surface area contributed by atoms with E-state index in [0.717, 1.165) is 31.1 Å². The van der Waals surface area contributed by atoms with Crippen molar-refractivity contribution in [2.45, 2.75) is 78.6 Å². The van der Waals surface area contributed by atoms with E-state index in [9.17, 15) is 4.79 Å². The lowest BCUT2D eigenvalue weighted by Gasteiger charge is -2.28. The number of esters is 1. The number of unbranched alkanes of at least 4 members (excludes halogenated alkanes) is 1. The molecule has 3 nitrogen and oxygen atoms in total. The number of hydrogen-bond acceptors (Lipinski definition) is 3. The molecule has 2 aromatic rings. The van der Waals surface area contributed by atoms with Crippen LogP contribution in [0, 0.1) is 17.8 Å². The Morgan fingerprint density at radius 3 is 2.16 bits per heavy atom. The SMILES string of the molecule is CCCC[C@H]1CC[C@H](COc2ccc(C(=O)Oc3ccc(C[C@@H](C)CC)cc3)cc2)CC1. The first-order chi connectivity index (χ1) is 15.6. The van der Waals surface area contributed by atoms with Gasteiger partial charge in [-0.15, -0.1) is 0 Å². The Kier molecular flexibility index (Phi) is 9.64. The average Bonchev–Trinajstić information content (AvgIpc) is 2.83. The predicted molar refractivity (Wildman–Crippen MR) is 131 cm³/mol. The third-order valence-electron chi connectivity index (χ3n) is 6.92. The van der Waals surface area contributed by atoms with Crippen LogP contribution in [0.15, 0.2) is 48.5 Å². The Labute approximate surface area is 194 Å². The van der Waals surface area contributed by atoms with Crippen LogP contribution < -0.4 is 9.47 Å². The summed E-state index contributed by atoms with van der Waals surface area (Å²) in [5.41, 5.74) is 1.81. The summed E-state index contributed by atoms with van der Waals surface area (Å²) in [6, 6.07) is 15.2. The van der Waals surface area contributed by atoms with Gasteiger partial charge >= 0.3 is 5.97 Å². The molecule has 3 heteroatoms. The zero-order valence-corrected chi connectivity index (χ0v) is 20.1. The highest BCUT2D eigenvalue weighted by Crippen LogP contribution is 2.32. The van der Waals surface area contributed by atoms with Gasteiger partial charge in [0.05, 0.1) is 12.2 Å². The van der Waals surface area contributed by atoms with E-state index >= 15 is 0 Å². The average molecular weight is 437 g/mol. The maximum absolute atomic E-state index is 12.5. The predicted octanol–water partition coefficient (Wildman–Crippen LogP) is 7.87. The lowest BCUT2D eigenvalue weighted by atomic mass is 9.80. The lowest BCUT2D eigenvalue weighted by Crippen LogP contribution is -2.20. The van der Waals surface area contributed by atoms with Crippen LogP contribution in [0.4, 0.5) is 0 Å². The van der Waals surface area contributed by atoms with Gasteiger partial charge in [0.15, 0.2) is 0 Å². The fourth-order valence-corrected chi connectivity index (χ4v) is 4.49. The van der Waals surface area contributed by atoms with E-state index in [0.29, 0.717) is 23.1 Å². The van der Waals surface area contributed by atoms with Crippen LogP contribution in [0.25, 0.3) is 0 Å². The van der Waals surface area contributed by atoms with Crippen molar-refractivity contribution < 1.29 is 14.3 Å². The van der Waals surface area contributed by atoms with Gasteiger partial charge in [-0.25, -0.2) is 4.79 Å². The highest BCUT2D eigenvalue weighted by molar-refractivity contribution is 5.91. The van der Waals surface area contributed by atoms with Gasteiger partial charge in [-0.3, -0.25) is 0 Å². The van der Waals surface area contributed by atoms with Gasteiger partial charge in [-0.2, -0.15) is 0 Å². The molecule has 1 fully saturated rings. The molecule has 0 saturated heterocycles. The van der Waals surface area contributed by atoms with Crippen molar-refractivity contribution in [1.29, 1.82) is 0 Å². The van der Waals surface area contributed by atoms with Gasteiger partial charge in [0.1, 0.15) is 11.5 Å². The molecule has 0 unspecified atom stereocenters. The molecule has 174 valence electrons. The maximum atomic E-state index is 12.5. The summed E-state index contributed by atoms with van der Waals surface area (Å²) in [6.45, 7) is 7.50. The van der Waals surface area contributed by atoms with Gasteiger partial charge in [0, 0.05) is 0 Å². The Balaban J connectivity index is 1.42. The van der Waals surface area contributed by atoms with E-state index in [-0.39, 0.29) is 5.97 Å². The monoisotopic (exact) mass is 436 g/mol. The summed E-state index contributed by atoms with van der Waals surface area (Å²) in [4.78, 5) is 12.5. The summed E-state index contributed by atoms with van der Waals surface area (Å²) >= 11 is 0. The molecular weight excluding hydrogens is 396 g/mol. The topological polar surface area (TPSA) is 35.5 Å². The second kappa shape index (κ2) is 12.7. The number of ether oxygens (including phenoxy) is 2. The van der Waals surface area contributed by atoms with E-state index in [2.05, 4.69) is 20.8 Å². The van der Waals surface area contributed by atoms with Crippen LogP contribution in [0.3, 0.4) is 0 Å². The van der Waals surface area contributed by atoms with E-state index in [1.165, 1.54) is 50.5 Å². The molecule has 0 heterocycles. The largest absolute Gasteiger partial charge is 0.493 e. The van der Waals surface area contributed by atoms with Crippen molar-refractivity contribution in [2.24, 2.45) is 17.8 Å². The van der Waals surface area contributed by atoms with Crippen LogP contribution in [0.2, 0.25) is 0 Å². The molecule has 0 radical (unpaired) electrons. The molecule has 0 spiro atoms. The van der Waals surface area contributed by atoms with Gasteiger partial charge in [0.2, 0.25) is 0 Å². The minimum atomic E-state index is -0.336. The summed E-state index contributed by atoms with van der Waals surface area (Å²) in [5, 5.41) is 0. The van der Waals surface area contributed by atoms with E-state index in [1.807, 2.05) is 36.4 Å². The first-order valence-electron chi connectivity index (χ1n) is 12.6. The quantitative estimate of drug-likeness (QED) is 0.265. The Morgan fingerprint density at radius 1 is 0.906 bits per heavy atom. The Morgan fingerprint density at radius 2 is 1.53 bits per heavy atom. The van der Waals surface area contributed by atoms with Crippen LogP contribution in [0.1, 0.15) is 88.1 Å². The lowest BCUT2D eigenvalue weighted by molar-refractivity contribution is 0.0734. The molecule has 1 atom stereocenters. The van der Waals surface area contributed by atoms with Crippen molar-refractivity contribution in [3.8, 4) is 11.5 Å². The van der Waals surface area contributed by atoms with Crippen LogP contribution in [-0.4, -0.2) is 12.6 Å². The highest BCUT2D eigenvalue weighted by atomic mass is 16.5.